The first-order valence-corrected chi connectivity index (χ1v) is 43.2. The number of esters is 4. The summed E-state index contributed by atoms with van der Waals surface area (Å²) in [4.78, 5) is 72.8. The fourth-order valence-corrected chi connectivity index (χ4v) is 13.5. The molecule has 4 unspecified atom stereocenters. The van der Waals surface area contributed by atoms with E-state index in [1.54, 1.807) is 0 Å². The molecular weight excluding hydrogens is 1270 g/mol. The van der Waals surface area contributed by atoms with Crippen molar-refractivity contribution in [2.45, 2.75) is 414 Å². The molecule has 0 radical (unpaired) electrons. The number of unbranched alkanes of at least 4 members (excludes halogenated alkanes) is 40. The van der Waals surface area contributed by atoms with E-state index >= 15 is 0 Å². The maximum Gasteiger partial charge on any atom is 0.472 e. The van der Waals surface area contributed by atoms with Crippen molar-refractivity contribution >= 4 is 39.5 Å². The molecule has 17 nitrogen and oxygen atoms in total. The standard InChI is InChI=1S/C78H152O17P2/c1-9-71(8)57-49-41-32-26-22-18-14-12-10-11-13-15-19-23-27-33-44-52-60-78(83)95-74(65-89-76(81)59-51-43-37-36-40-48-56-70(6)7)67-93-97(86,87)91-63-72(79)62-90-96(84,85)92-66-73(64-88-75(80)58-50-42-35-29-31-39-47-55-69(4)5)94-77(82)61-53-45-34-28-24-20-16-17-21-25-30-38-46-54-68(2)3/h68-74,79H,9-67H2,1-8H3,(H,84,85)(H,86,87)/t71?,72?,73-,74-/m1/s1. The van der Waals surface area contributed by atoms with Gasteiger partial charge < -0.3 is 33.8 Å². The minimum Gasteiger partial charge on any atom is -0.462 e. The molecule has 0 fully saturated rings. The second-order valence-electron chi connectivity index (χ2n) is 29.8. The Morgan fingerprint density at radius 1 is 0.289 bits per heavy atom. The lowest BCUT2D eigenvalue weighted by Crippen LogP contribution is -2.30. The fraction of sp³-hybridized carbons (Fsp3) is 0.949. The van der Waals surface area contributed by atoms with Crippen molar-refractivity contribution in [2.75, 3.05) is 39.6 Å². The molecule has 97 heavy (non-hydrogen) atoms. The van der Waals surface area contributed by atoms with Crippen LogP contribution in [0.3, 0.4) is 0 Å². The van der Waals surface area contributed by atoms with Crippen LogP contribution in [0.2, 0.25) is 0 Å². The van der Waals surface area contributed by atoms with Crippen LogP contribution < -0.4 is 0 Å². The van der Waals surface area contributed by atoms with Crippen molar-refractivity contribution in [3.63, 3.8) is 0 Å². The van der Waals surface area contributed by atoms with Crippen LogP contribution in [0, 0.1) is 23.7 Å². The predicted octanol–water partition coefficient (Wildman–Crippen LogP) is 22.8. The summed E-state index contributed by atoms with van der Waals surface area (Å²) in [5.41, 5.74) is 0. The summed E-state index contributed by atoms with van der Waals surface area (Å²) < 4.78 is 68.5. The van der Waals surface area contributed by atoms with Gasteiger partial charge in [0.1, 0.15) is 19.3 Å². The predicted molar refractivity (Wildman–Crippen MR) is 395 cm³/mol. The van der Waals surface area contributed by atoms with Gasteiger partial charge in [0.05, 0.1) is 26.4 Å². The van der Waals surface area contributed by atoms with Gasteiger partial charge in [0.2, 0.25) is 0 Å². The Bertz CT molecular complexity index is 1900. The summed E-state index contributed by atoms with van der Waals surface area (Å²) in [7, 11) is -9.91. The highest BCUT2D eigenvalue weighted by Crippen LogP contribution is 2.45. The second kappa shape index (κ2) is 67.2. The zero-order chi connectivity index (χ0) is 71.7. The first-order chi connectivity index (χ1) is 46.6. The molecule has 0 rings (SSSR count). The largest absolute Gasteiger partial charge is 0.472 e. The maximum atomic E-state index is 13.1. The molecule has 0 aromatic carbocycles. The van der Waals surface area contributed by atoms with E-state index in [-0.39, 0.29) is 25.7 Å². The van der Waals surface area contributed by atoms with E-state index in [9.17, 15) is 43.2 Å². The summed E-state index contributed by atoms with van der Waals surface area (Å²) in [6.07, 6.45) is 53.1. The van der Waals surface area contributed by atoms with Crippen LogP contribution in [-0.2, 0) is 65.4 Å². The van der Waals surface area contributed by atoms with Crippen molar-refractivity contribution < 1.29 is 80.2 Å². The van der Waals surface area contributed by atoms with Gasteiger partial charge >= 0.3 is 39.5 Å². The van der Waals surface area contributed by atoms with Gasteiger partial charge in [0, 0.05) is 25.7 Å². The summed E-state index contributed by atoms with van der Waals surface area (Å²) in [5.74, 6) is 0.919. The van der Waals surface area contributed by atoms with E-state index in [2.05, 4.69) is 55.4 Å². The fourth-order valence-electron chi connectivity index (χ4n) is 11.9. The monoisotopic (exact) mass is 1420 g/mol. The zero-order valence-electron chi connectivity index (χ0n) is 63.7. The molecule has 0 bridgehead atoms. The highest BCUT2D eigenvalue weighted by Gasteiger charge is 2.30. The molecule has 0 aliphatic carbocycles. The zero-order valence-corrected chi connectivity index (χ0v) is 65.5. The average molecular weight is 1420 g/mol. The quantitative estimate of drug-likeness (QED) is 0.0222. The molecule has 0 aromatic heterocycles. The molecule has 0 spiro atoms. The molecular formula is C78H152O17P2. The molecule has 0 heterocycles. The van der Waals surface area contributed by atoms with Crippen LogP contribution in [0.4, 0.5) is 0 Å². The third-order valence-corrected chi connectivity index (χ3v) is 20.3. The Balaban J connectivity index is 5.15. The first-order valence-electron chi connectivity index (χ1n) is 40.2. The van der Waals surface area contributed by atoms with Crippen molar-refractivity contribution in [3.8, 4) is 0 Å². The van der Waals surface area contributed by atoms with Gasteiger partial charge in [-0.15, -0.1) is 0 Å². The Kier molecular flexibility index (Phi) is 65.9. The van der Waals surface area contributed by atoms with Crippen molar-refractivity contribution in [3.05, 3.63) is 0 Å². The third kappa shape index (κ3) is 70.9. The molecule has 19 heteroatoms. The molecule has 0 aromatic rings. The Morgan fingerprint density at radius 2 is 0.495 bits per heavy atom. The van der Waals surface area contributed by atoms with Crippen LogP contribution in [0.1, 0.15) is 396 Å². The van der Waals surface area contributed by atoms with Gasteiger partial charge in [0.25, 0.3) is 0 Å². The number of aliphatic hydroxyl groups excluding tert-OH is 1. The van der Waals surface area contributed by atoms with E-state index in [0.29, 0.717) is 37.5 Å². The van der Waals surface area contributed by atoms with Crippen LogP contribution >= 0.6 is 15.6 Å². The second-order valence-corrected chi connectivity index (χ2v) is 32.7. The van der Waals surface area contributed by atoms with Crippen molar-refractivity contribution in [1.82, 2.24) is 0 Å². The maximum absolute atomic E-state index is 13.1. The smallest absolute Gasteiger partial charge is 0.462 e. The van der Waals surface area contributed by atoms with E-state index in [1.807, 2.05) is 0 Å². The van der Waals surface area contributed by atoms with Gasteiger partial charge in [-0.2, -0.15) is 0 Å². The van der Waals surface area contributed by atoms with Crippen LogP contribution in [0.5, 0.6) is 0 Å². The molecule has 576 valence electrons. The van der Waals surface area contributed by atoms with Gasteiger partial charge in [-0.05, 0) is 49.4 Å². The van der Waals surface area contributed by atoms with Gasteiger partial charge in [-0.25, -0.2) is 9.13 Å². The van der Waals surface area contributed by atoms with Gasteiger partial charge in [0.15, 0.2) is 12.2 Å². The van der Waals surface area contributed by atoms with Gasteiger partial charge in [-0.3, -0.25) is 37.3 Å². The summed E-state index contributed by atoms with van der Waals surface area (Å²) >= 11 is 0. The van der Waals surface area contributed by atoms with Crippen LogP contribution in [-0.4, -0.2) is 96.7 Å². The SMILES string of the molecule is CCC(C)CCCCCCCCCCCCCCCCCCCCC(=O)O[C@H](COC(=O)CCCCCCCCC(C)C)COP(=O)(O)OCC(O)COP(=O)(O)OC[C@@H](COC(=O)CCCCCCCCCC(C)C)OC(=O)CCCCCCCCCCCCCCCC(C)C. The van der Waals surface area contributed by atoms with E-state index in [1.165, 1.54) is 186 Å². The third-order valence-electron chi connectivity index (χ3n) is 18.4. The van der Waals surface area contributed by atoms with Crippen molar-refractivity contribution in [2.24, 2.45) is 23.7 Å². The number of rotatable bonds is 75. The molecule has 0 saturated heterocycles. The number of hydrogen-bond acceptors (Lipinski definition) is 15. The topological polar surface area (TPSA) is 237 Å². The number of carbonyl (C=O) groups is 4. The summed E-state index contributed by atoms with van der Waals surface area (Å²) in [5, 5.41) is 10.6. The molecule has 0 aliphatic rings. The molecule has 6 atom stereocenters. The number of ether oxygens (including phenoxy) is 4. The first kappa shape index (κ1) is 95.1. The summed E-state index contributed by atoms with van der Waals surface area (Å²) in [6, 6.07) is 0. The minimum atomic E-state index is -4.96. The minimum absolute atomic E-state index is 0.106. The summed E-state index contributed by atoms with van der Waals surface area (Å²) in [6.45, 7) is 14.2. The normalized spacial score (nSPS) is 14.4. The molecule has 0 amide bonds. The van der Waals surface area contributed by atoms with E-state index < -0.39 is 97.5 Å². The van der Waals surface area contributed by atoms with E-state index in [4.69, 9.17) is 37.0 Å². The van der Waals surface area contributed by atoms with Crippen LogP contribution in [0.25, 0.3) is 0 Å². The average Bonchev–Trinajstić information content (AvgIpc) is 2.59. The highest BCUT2D eigenvalue weighted by molar-refractivity contribution is 7.47. The number of phosphoric acid groups is 2. The number of phosphoric ester groups is 2. The Hall–Kier alpha value is -1.94. The number of aliphatic hydroxyl groups is 1. The van der Waals surface area contributed by atoms with Gasteiger partial charge in [-0.1, -0.05) is 344 Å². The Morgan fingerprint density at radius 3 is 0.732 bits per heavy atom. The van der Waals surface area contributed by atoms with Crippen LogP contribution in [0.15, 0.2) is 0 Å². The highest BCUT2D eigenvalue weighted by atomic mass is 31.2. The number of carbonyl (C=O) groups excluding carboxylic acids is 4. The lowest BCUT2D eigenvalue weighted by atomic mass is 9.99. The molecule has 0 aliphatic heterocycles. The molecule has 3 N–H and O–H groups in total. The number of hydrogen-bond donors (Lipinski definition) is 3. The lowest BCUT2D eigenvalue weighted by Gasteiger charge is -2.21. The lowest BCUT2D eigenvalue weighted by molar-refractivity contribution is -0.161. The molecule has 0 saturated carbocycles. The Labute approximate surface area is 594 Å². The van der Waals surface area contributed by atoms with E-state index in [0.717, 1.165) is 115 Å². The van der Waals surface area contributed by atoms with Crippen molar-refractivity contribution in [1.29, 1.82) is 0 Å².